The molecule has 1 heterocycles. The number of aliphatic carboxylic acids is 1. The quantitative estimate of drug-likeness (QED) is 0.0452. The molecule has 0 spiro atoms. The first-order valence-corrected chi connectivity index (χ1v) is 20.8. The lowest BCUT2D eigenvalue weighted by Gasteiger charge is -2.29. The number of amides is 2. The number of nitrogens with two attached hydrogens (primary N) is 1. The molecule has 6 N–H and O–H groups in total. The van der Waals surface area contributed by atoms with Crippen LogP contribution in [0.2, 0.25) is 0 Å². The Morgan fingerprint density at radius 3 is 1.88 bits per heavy atom. The Labute approximate surface area is 312 Å². The number of carboxylic acid groups (broad SMARTS) is 1. The topological polar surface area (TPSA) is 183 Å². The van der Waals surface area contributed by atoms with Crippen molar-refractivity contribution in [1.29, 1.82) is 5.41 Å². The predicted octanol–water partition coefficient (Wildman–Crippen LogP) is 6.68. The molecule has 11 nitrogen and oxygen atoms in total. The Morgan fingerprint density at radius 1 is 0.846 bits per heavy atom. The van der Waals surface area contributed by atoms with Crippen LogP contribution in [-0.2, 0) is 37.4 Å². The van der Waals surface area contributed by atoms with Crippen LogP contribution in [-0.4, -0.2) is 66.4 Å². The maximum atomic E-state index is 13.9. The highest BCUT2D eigenvalue weighted by atomic mass is 32.2. The zero-order valence-electron chi connectivity index (χ0n) is 31.4. The number of nitrogen functional groups attached to an aromatic ring is 1. The Kier molecular flexibility index (Phi) is 21.6. The third kappa shape index (κ3) is 18.6. The minimum atomic E-state index is -3.71. The fourth-order valence-corrected chi connectivity index (χ4v) is 7.72. The van der Waals surface area contributed by atoms with Gasteiger partial charge in [-0.3, -0.25) is 19.8 Å². The number of carboxylic acids is 1. The van der Waals surface area contributed by atoms with Gasteiger partial charge < -0.3 is 21.1 Å². The van der Waals surface area contributed by atoms with E-state index in [4.69, 9.17) is 21.0 Å². The van der Waals surface area contributed by atoms with Gasteiger partial charge in [0.2, 0.25) is 21.8 Å². The van der Waals surface area contributed by atoms with Gasteiger partial charge in [0.1, 0.15) is 17.9 Å². The lowest BCUT2D eigenvalue weighted by Crippen LogP contribution is -2.54. The number of sulfonamides is 1. The van der Waals surface area contributed by atoms with Crippen molar-refractivity contribution in [3.8, 4) is 0 Å². The highest BCUT2D eigenvalue weighted by Crippen LogP contribution is 2.21. The Morgan fingerprint density at radius 2 is 1.37 bits per heavy atom. The lowest BCUT2D eigenvalue weighted by molar-refractivity contribution is -0.139. The largest absolute Gasteiger partial charge is 0.481 e. The average Bonchev–Trinajstić information content (AvgIpc) is 3.61. The van der Waals surface area contributed by atoms with Gasteiger partial charge in [-0.15, -0.1) is 0 Å². The Hall–Kier alpha value is -3.77. The van der Waals surface area contributed by atoms with Gasteiger partial charge in [-0.2, -0.15) is 0 Å². The lowest BCUT2D eigenvalue weighted by atomic mass is 10.0. The molecule has 1 fully saturated rings. The van der Waals surface area contributed by atoms with Gasteiger partial charge in [-0.05, 0) is 36.8 Å². The molecule has 1 aliphatic rings. The van der Waals surface area contributed by atoms with E-state index in [9.17, 15) is 18.0 Å². The molecule has 0 saturated carbocycles. The summed E-state index contributed by atoms with van der Waals surface area (Å²) in [7, 11) is -3.71. The number of nitrogens with zero attached hydrogens (tertiary/aromatic N) is 1. The highest BCUT2D eigenvalue weighted by Gasteiger charge is 2.38. The van der Waals surface area contributed by atoms with E-state index in [1.54, 1.807) is 24.3 Å². The third-order valence-corrected chi connectivity index (χ3v) is 10.7. The molecular weight excluding hydrogens is 679 g/mol. The average molecular weight is 742 g/mol. The van der Waals surface area contributed by atoms with Crippen molar-refractivity contribution in [3.63, 3.8) is 0 Å². The van der Waals surface area contributed by atoms with Crippen molar-refractivity contribution >= 4 is 33.6 Å². The Balaban J connectivity index is 0.00000222. The van der Waals surface area contributed by atoms with Gasteiger partial charge in [-0.25, -0.2) is 13.1 Å². The SMILES string of the molecule is CC(=O)O.CCCCCCCCCCCCCCCCS(=O)(=O)N[C@H](Cc1ccccc1)C(=O)N1CCC[C@H]1C(=O)NCc1ccc(C(=N)N)cc1. The van der Waals surface area contributed by atoms with E-state index in [2.05, 4.69) is 17.0 Å². The second-order valence-corrected chi connectivity index (χ2v) is 15.7. The molecule has 12 heteroatoms. The number of hydrogen-bond acceptors (Lipinski definition) is 6. The van der Waals surface area contributed by atoms with Crippen molar-refractivity contribution in [2.75, 3.05) is 12.3 Å². The Bertz CT molecular complexity index is 1450. The summed E-state index contributed by atoms with van der Waals surface area (Å²) in [6.07, 6.45) is 18.1. The van der Waals surface area contributed by atoms with Crippen LogP contribution in [0.4, 0.5) is 0 Å². The molecule has 0 bridgehead atoms. The predicted molar refractivity (Wildman–Crippen MR) is 209 cm³/mol. The zero-order valence-corrected chi connectivity index (χ0v) is 32.2. The van der Waals surface area contributed by atoms with Crippen molar-refractivity contribution < 1.29 is 27.9 Å². The monoisotopic (exact) mass is 741 g/mol. The molecule has 52 heavy (non-hydrogen) atoms. The maximum Gasteiger partial charge on any atom is 0.300 e. The van der Waals surface area contributed by atoms with Crippen LogP contribution in [0.25, 0.3) is 0 Å². The van der Waals surface area contributed by atoms with Gasteiger partial charge in [0.25, 0.3) is 5.97 Å². The number of benzene rings is 2. The van der Waals surface area contributed by atoms with Crippen LogP contribution < -0.4 is 15.8 Å². The normalized spacial score (nSPS) is 14.7. The summed E-state index contributed by atoms with van der Waals surface area (Å²) < 4.78 is 29.2. The van der Waals surface area contributed by atoms with E-state index in [0.717, 1.165) is 37.3 Å². The molecule has 0 radical (unpaired) electrons. The van der Waals surface area contributed by atoms with Crippen molar-refractivity contribution in [3.05, 3.63) is 71.3 Å². The number of carbonyl (C=O) groups is 3. The number of amidine groups is 1. The van der Waals surface area contributed by atoms with Crippen LogP contribution in [0.15, 0.2) is 54.6 Å². The summed E-state index contributed by atoms with van der Waals surface area (Å²) in [5.74, 6) is -1.51. The van der Waals surface area contributed by atoms with E-state index in [1.165, 1.54) is 69.1 Å². The summed E-state index contributed by atoms with van der Waals surface area (Å²) in [5.41, 5.74) is 7.84. The second-order valence-electron chi connectivity index (χ2n) is 13.8. The molecule has 1 saturated heterocycles. The third-order valence-electron chi connectivity index (χ3n) is 9.24. The molecular formula is C40H63N5O6S. The fourth-order valence-electron chi connectivity index (χ4n) is 6.40. The van der Waals surface area contributed by atoms with Crippen LogP contribution in [0, 0.1) is 5.41 Å². The maximum absolute atomic E-state index is 13.9. The van der Waals surface area contributed by atoms with Gasteiger partial charge in [0.15, 0.2) is 0 Å². The number of hydrogen-bond donors (Lipinski definition) is 5. The first-order chi connectivity index (χ1) is 24.9. The van der Waals surface area contributed by atoms with E-state index < -0.39 is 28.1 Å². The number of rotatable bonds is 24. The minimum absolute atomic E-state index is 0.0179. The fraction of sp³-hybridized carbons (Fsp3) is 0.600. The first-order valence-electron chi connectivity index (χ1n) is 19.2. The molecule has 0 aromatic heterocycles. The molecule has 290 valence electrons. The smallest absolute Gasteiger partial charge is 0.300 e. The van der Waals surface area contributed by atoms with Crippen LogP contribution in [0.1, 0.15) is 133 Å². The summed E-state index contributed by atoms with van der Waals surface area (Å²) >= 11 is 0. The summed E-state index contributed by atoms with van der Waals surface area (Å²) in [6.45, 7) is 4.00. The number of unbranched alkanes of at least 4 members (excludes halogenated alkanes) is 13. The van der Waals surface area contributed by atoms with E-state index >= 15 is 0 Å². The van der Waals surface area contributed by atoms with Gasteiger partial charge in [0.05, 0.1) is 5.75 Å². The van der Waals surface area contributed by atoms with Gasteiger partial charge in [-0.1, -0.05) is 145 Å². The van der Waals surface area contributed by atoms with Gasteiger partial charge in [0, 0.05) is 25.6 Å². The standard InChI is InChI=1S/C38H59N5O4S.C2H4O2/c1-2-3-4-5-6-7-8-9-10-11-12-13-14-18-28-48(46,47)42-34(29-31-20-16-15-17-21-31)38(45)43-27-19-22-35(43)37(44)41-30-32-23-25-33(26-24-32)36(39)40;1-2(3)4/h15-17,20-21,23-26,34-35,42H,2-14,18-19,22,27-30H2,1H3,(H3,39,40)(H,41,44);1H3,(H,3,4)/t34-,35+;/m1./s1. The minimum Gasteiger partial charge on any atom is -0.481 e. The van der Waals surface area contributed by atoms with Crippen molar-refractivity contribution in [2.24, 2.45) is 5.73 Å². The van der Waals surface area contributed by atoms with E-state index in [1.807, 2.05) is 30.3 Å². The highest BCUT2D eigenvalue weighted by molar-refractivity contribution is 7.89. The molecule has 3 rings (SSSR count). The van der Waals surface area contributed by atoms with Crippen LogP contribution in [0.3, 0.4) is 0 Å². The van der Waals surface area contributed by atoms with Gasteiger partial charge >= 0.3 is 0 Å². The van der Waals surface area contributed by atoms with Crippen molar-refractivity contribution in [1.82, 2.24) is 14.9 Å². The number of likely N-dealkylation sites (tertiary alicyclic amines) is 1. The molecule has 0 unspecified atom stereocenters. The summed E-state index contributed by atoms with van der Waals surface area (Å²) in [4.78, 5) is 37.7. The van der Waals surface area contributed by atoms with Crippen LogP contribution in [0.5, 0.6) is 0 Å². The molecule has 1 aliphatic heterocycles. The summed E-state index contributed by atoms with van der Waals surface area (Å²) in [6, 6.07) is 14.8. The van der Waals surface area contributed by atoms with E-state index in [0.29, 0.717) is 31.4 Å². The first kappa shape index (κ1) is 44.4. The molecule has 0 aliphatic carbocycles. The molecule has 2 aromatic rings. The zero-order chi connectivity index (χ0) is 38.2. The number of nitrogens with one attached hydrogen (secondary N) is 3. The molecule has 2 aromatic carbocycles. The number of carbonyl (C=O) groups excluding carboxylic acids is 2. The summed E-state index contributed by atoms with van der Waals surface area (Å²) in [5, 5.41) is 17.9. The van der Waals surface area contributed by atoms with Crippen molar-refractivity contribution in [2.45, 2.75) is 142 Å². The van der Waals surface area contributed by atoms with E-state index in [-0.39, 0.29) is 36.4 Å². The molecule has 2 atom stereocenters. The van der Waals surface area contributed by atoms with Crippen LogP contribution >= 0.6 is 0 Å². The molecule has 2 amide bonds. The second kappa shape index (κ2) is 25.2.